The number of halogens is 1. The number of aromatic nitrogens is 2. The lowest BCUT2D eigenvalue weighted by atomic mass is 10.1. The Hall–Kier alpha value is -3.01. The van der Waals surface area contributed by atoms with Gasteiger partial charge in [0, 0.05) is 35.3 Å². The van der Waals surface area contributed by atoms with Crippen LogP contribution in [0.5, 0.6) is 0 Å². The Bertz CT molecular complexity index is 1300. The highest BCUT2D eigenvalue weighted by Gasteiger charge is 2.29. The number of nitrogens with zero attached hydrogens (tertiary/aromatic N) is 2. The normalized spacial score (nSPS) is 16.9. The average Bonchev–Trinajstić information content (AvgIpc) is 3.56. The molecule has 1 atom stereocenters. The summed E-state index contributed by atoms with van der Waals surface area (Å²) in [5.41, 5.74) is 1.36. The van der Waals surface area contributed by atoms with Crippen LogP contribution in [-0.2, 0) is 17.6 Å². The van der Waals surface area contributed by atoms with Gasteiger partial charge in [0.25, 0.3) is 11.8 Å². The number of nitrogens with one attached hydrogen (secondary N) is 2. The molecule has 1 aromatic carbocycles. The molecule has 5 rings (SSSR count). The van der Waals surface area contributed by atoms with Gasteiger partial charge < -0.3 is 15.4 Å². The molecule has 1 fully saturated rings. The Morgan fingerprint density at radius 3 is 2.74 bits per heavy atom. The number of carbonyl (C=O) groups excluding carboxylic acids is 2. The Morgan fingerprint density at radius 2 is 1.97 bits per heavy atom. The number of carbonyl (C=O) groups is 2. The zero-order valence-corrected chi connectivity index (χ0v) is 19.9. The van der Waals surface area contributed by atoms with Crippen LogP contribution in [-0.4, -0.2) is 40.9 Å². The van der Waals surface area contributed by atoms with E-state index in [0.717, 1.165) is 42.5 Å². The van der Waals surface area contributed by atoms with Gasteiger partial charge in [0.15, 0.2) is 5.69 Å². The summed E-state index contributed by atoms with van der Waals surface area (Å²) in [6.45, 7) is 1.15. The molecule has 1 aliphatic carbocycles. The van der Waals surface area contributed by atoms with E-state index in [0.29, 0.717) is 34.4 Å². The van der Waals surface area contributed by atoms with Crippen LogP contribution in [0.4, 0.5) is 5.00 Å². The topological polar surface area (TPSA) is 102 Å². The second-order valence-electron chi connectivity index (χ2n) is 8.31. The molecule has 34 heavy (non-hydrogen) atoms. The number of anilines is 1. The number of hydrogen-bond acceptors (Lipinski definition) is 6. The van der Waals surface area contributed by atoms with Crippen LogP contribution < -0.4 is 16.1 Å². The fourth-order valence-corrected chi connectivity index (χ4v) is 5.71. The van der Waals surface area contributed by atoms with Gasteiger partial charge in [0.2, 0.25) is 5.43 Å². The molecule has 1 aliphatic heterocycles. The van der Waals surface area contributed by atoms with Crippen molar-refractivity contribution in [3.63, 3.8) is 0 Å². The summed E-state index contributed by atoms with van der Waals surface area (Å²) >= 11 is 7.34. The van der Waals surface area contributed by atoms with Gasteiger partial charge >= 0.3 is 0 Å². The van der Waals surface area contributed by atoms with E-state index in [9.17, 15) is 14.4 Å². The molecule has 8 nitrogen and oxygen atoms in total. The second-order valence-corrected chi connectivity index (χ2v) is 9.85. The molecule has 2 aromatic heterocycles. The van der Waals surface area contributed by atoms with Crippen LogP contribution >= 0.6 is 22.9 Å². The van der Waals surface area contributed by atoms with Crippen LogP contribution in [0.2, 0.25) is 5.02 Å². The van der Waals surface area contributed by atoms with Crippen molar-refractivity contribution in [2.75, 3.05) is 18.5 Å². The van der Waals surface area contributed by atoms with Crippen molar-refractivity contribution in [2.45, 2.75) is 38.2 Å². The van der Waals surface area contributed by atoms with Gasteiger partial charge in [-0.05, 0) is 61.9 Å². The molecule has 3 heterocycles. The van der Waals surface area contributed by atoms with Gasteiger partial charge in [0.1, 0.15) is 5.00 Å². The molecule has 3 aromatic rings. The molecular weight excluding hydrogens is 476 g/mol. The monoisotopic (exact) mass is 498 g/mol. The molecule has 0 bridgehead atoms. The number of fused-ring (bicyclic) bond motifs is 1. The number of ether oxygens (including phenoxy) is 1. The molecule has 10 heteroatoms. The lowest BCUT2D eigenvalue weighted by Crippen LogP contribution is -2.33. The van der Waals surface area contributed by atoms with Gasteiger partial charge in [-0.1, -0.05) is 11.6 Å². The van der Waals surface area contributed by atoms with Crippen molar-refractivity contribution in [1.82, 2.24) is 15.1 Å². The van der Waals surface area contributed by atoms with Gasteiger partial charge in [-0.15, -0.1) is 11.3 Å². The fourth-order valence-electron chi connectivity index (χ4n) is 4.30. The maximum absolute atomic E-state index is 13.1. The minimum atomic E-state index is -0.651. The second kappa shape index (κ2) is 9.69. The van der Waals surface area contributed by atoms with E-state index in [1.165, 1.54) is 28.3 Å². The third-order valence-electron chi connectivity index (χ3n) is 6.00. The zero-order valence-electron chi connectivity index (χ0n) is 18.3. The maximum atomic E-state index is 13.1. The van der Waals surface area contributed by atoms with Crippen LogP contribution in [0.15, 0.2) is 41.3 Å². The number of hydrogen-bond donors (Lipinski definition) is 2. The summed E-state index contributed by atoms with van der Waals surface area (Å²) in [4.78, 5) is 39.7. The van der Waals surface area contributed by atoms with E-state index in [4.69, 9.17) is 16.3 Å². The average molecular weight is 499 g/mol. The van der Waals surface area contributed by atoms with Gasteiger partial charge in [0.05, 0.1) is 17.4 Å². The number of benzene rings is 1. The lowest BCUT2D eigenvalue weighted by molar-refractivity contribution is 0.0858. The van der Waals surface area contributed by atoms with E-state index >= 15 is 0 Å². The summed E-state index contributed by atoms with van der Waals surface area (Å²) in [5.74, 6) is -0.883. The van der Waals surface area contributed by atoms with Crippen molar-refractivity contribution in [1.29, 1.82) is 0 Å². The smallest absolute Gasteiger partial charge is 0.280 e. The van der Waals surface area contributed by atoms with Crippen LogP contribution in [0, 0.1) is 0 Å². The molecule has 0 saturated carbocycles. The molecule has 0 spiro atoms. The summed E-state index contributed by atoms with van der Waals surface area (Å²) in [6.07, 6.45) is 6.07. The van der Waals surface area contributed by atoms with E-state index in [2.05, 4.69) is 15.7 Å². The molecule has 0 unspecified atom stereocenters. The highest BCUT2D eigenvalue weighted by Crippen LogP contribution is 2.39. The lowest BCUT2D eigenvalue weighted by Gasteiger charge is -2.13. The number of amides is 2. The Kier molecular flexibility index (Phi) is 6.49. The molecule has 0 radical (unpaired) electrons. The highest BCUT2D eigenvalue weighted by atomic mass is 35.5. The molecule has 1 saturated heterocycles. The van der Waals surface area contributed by atoms with E-state index in [1.807, 2.05) is 0 Å². The first kappa shape index (κ1) is 22.8. The summed E-state index contributed by atoms with van der Waals surface area (Å²) in [6, 6.07) is 8.17. The quantitative estimate of drug-likeness (QED) is 0.540. The summed E-state index contributed by atoms with van der Waals surface area (Å²) in [5, 5.41) is 11.0. The summed E-state index contributed by atoms with van der Waals surface area (Å²) in [7, 11) is 0. The van der Waals surface area contributed by atoms with Crippen molar-refractivity contribution in [2.24, 2.45) is 0 Å². The molecule has 2 N–H and O–H groups in total. The largest absolute Gasteiger partial charge is 0.376 e. The van der Waals surface area contributed by atoms with Crippen molar-refractivity contribution in [3.8, 4) is 5.69 Å². The van der Waals surface area contributed by atoms with Crippen molar-refractivity contribution in [3.05, 3.63) is 73.5 Å². The first-order chi connectivity index (χ1) is 16.5. The minimum Gasteiger partial charge on any atom is -0.376 e. The SMILES string of the molecule is O=C(NC[C@@H]1CCCO1)c1c(NC(=O)c2nn(-c3ccc(Cl)cc3)ccc2=O)sc2c1CCC2. The Labute approximate surface area is 204 Å². The predicted molar refractivity (Wildman–Crippen MR) is 130 cm³/mol. The first-order valence-electron chi connectivity index (χ1n) is 11.2. The number of aryl methyl sites for hydroxylation is 1. The Balaban J connectivity index is 1.39. The zero-order chi connectivity index (χ0) is 23.7. The van der Waals surface area contributed by atoms with Gasteiger partial charge in [-0.3, -0.25) is 14.4 Å². The summed E-state index contributed by atoms with van der Waals surface area (Å²) < 4.78 is 7.04. The van der Waals surface area contributed by atoms with Gasteiger partial charge in [-0.25, -0.2) is 4.68 Å². The van der Waals surface area contributed by atoms with E-state index in [-0.39, 0.29) is 17.7 Å². The fraction of sp³-hybridized carbons (Fsp3) is 0.333. The molecular formula is C24H23ClN4O4S. The van der Waals surface area contributed by atoms with Crippen LogP contribution in [0.3, 0.4) is 0 Å². The van der Waals surface area contributed by atoms with Crippen molar-refractivity contribution < 1.29 is 14.3 Å². The van der Waals surface area contributed by atoms with Crippen LogP contribution in [0.1, 0.15) is 50.5 Å². The minimum absolute atomic E-state index is 0.0218. The third-order valence-corrected chi connectivity index (χ3v) is 7.46. The first-order valence-corrected chi connectivity index (χ1v) is 12.4. The maximum Gasteiger partial charge on any atom is 0.280 e. The highest BCUT2D eigenvalue weighted by molar-refractivity contribution is 7.17. The standard InChI is InChI=1S/C24H23ClN4O4S/c25-14-6-8-15(9-7-14)29-11-10-18(30)21(28-29)23(32)27-24-20(17-4-1-5-19(17)34-24)22(31)26-13-16-3-2-12-33-16/h6-11,16H,1-5,12-13H2,(H,26,31)(H,27,32)/t16-/m0/s1. The predicted octanol–water partition coefficient (Wildman–Crippen LogP) is 3.60. The molecule has 2 aliphatic rings. The van der Waals surface area contributed by atoms with E-state index in [1.54, 1.807) is 24.3 Å². The van der Waals surface area contributed by atoms with Gasteiger partial charge in [-0.2, -0.15) is 5.10 Å². The van der Waals surface area contributed by atoms with Crippen molar-refractivity contribution >= 4 is 39.8 Å². The van der Waals surface area contributed by atoms with Crippen LogP contribution in [0.25, 0.3) is 5.69 Å². The van der Waals surface area contributed by atoms with E-state index < -0.39 is 11.3 Å². The molecule has 2 amide bonds. The Morgan fingerprint density at radius 1 is 1.15 bits per heavy atom. The number of thiophene rings is 1. The molecule has 176 valence electrons. The third kappa shape index (κ3) is 4.64. The number of rotatable bonds is 6.